The van der Waals surface area contributed by atoms with Crippen molar-refractivity contribution in [2.75, 3.05) is 36.4 Å². The minimum Gasteiger partial charge on any atom is -0.354 e. The van der Waals surface area contributed by atoms with E-state index >= 15 is 0 Å². The molecule has 3 aromatic heterocycles. The highest BCUT2D eigenvalue weighted by Gasteiger charge is 2.39. The number of hydrogen-bond acceptors (Lipinski definition) is 8. The summed E-state index contributed by atoms with van der Waals surface area (Å²) in [7, 11) is 0. The third-order valence-electron chi connectivity index (χ3n) is 5.94. The molecule has 8 nitrogen and oxygen atoms in total. The first kappa shape index (κ1) is 21.4. The summed E-state index contributed by atoms with van der Waals surface area (Å²) in [6.07, 6.45) is -1.40. The van der Waals surface area contributed by atoms with Gasteiger partial charge in [-0.05, 0) is 37.9 Å². The van der Waals surface area contributed by atoms with Crippen LogP contribution in [0.5, 0.6) is 0 Å². The number of aromatic nitrogens is 5. The van der Waals surface area contributed by atoms with Crippen molar-refractivity contribution in [1.82, 2.24) is 30.0 Å². The summed E-state index contributed by atoms with van der Waals surface area (Å²) < 4.78 is 40.8. The van der Waals surface area contributed by atoms with Gasteiger partial charge in [-0.2, -0.15) is 18.2 Å². The van der Waals surface area contributed by atoms with Gasteiger partial charge in [0.2, 0.25) is 11.8 Å². The average molecular weight is 467 g/mol. The Morgan fingerprint density at radius 3 is 2.88 bits per heavy atom. The number of rotatable bonds is 6. The van der Waals surface area contributed by atoms with Crippen molar-refractivity contribution < 1.29 is 13.2 Å². The molecule has 1 fully saturated rings. The fraction of sp³-hybridized carbons (Fsp3) is 0.600. The predicted molar refractivity (Wildman–Crippen MR) is 117 cm³/mol. The number of fused-ring (bicyclic) bond motifs is 2. The topological polar surface area (TPSA) is 83.8 Å². The first-order valence-electron chi connectivity index (χ1n) is 10.9. The lowest BCUT2D eigenvalue weighted by molar-refractivity contribution is -0.147. The van der Waals surface area contributed by atoms with Gasteiger partial charge in [-0.1, -0.05) is 13.3 Å². The zero-order valence-electron chi connectivity index (χ0n) is 17.7. The molecule has 0 spiro atoms. The molecule has 172 valence electrons. The summed E-state index contributed by atoms with van der Waals surface area (Å²) in [5, 5.41) is 14.9. The van der Waals surface area contributed by atoms with Gasteiger partial charge in [0, 0.05) is 24.5 Å². The van der Waals surface area contributed by atoms with Crippen molar-refractivity contribution in [3.63, 3.8) is 0 Å². The molecular weight excluding hydrogens is 441 g/mol. The molecule has 0 radical (unpaired) electrons. The largest absolute Gasteiger partial charge is 0.451 e. The van der Waals surface area contributed by atoms with E-state index in [0.29, 0.717) is 24.2 Å². The number of aryl methyl sites for hydroxylation is 1. The molecule has 0 saturated carbocycles. The van der Waals surface area contributed by atoms with Crippen molar-refractivity contribution in [3.05, 3.63) is 22.6 Å². The number of hydrogen-bond donors (Lipinski definition) is 2. The predicted octanol–water partition coefficient (Wildman–Crippen LogP) is 3.30. The second-order valence-corrected chi connectivity index (χ2v) is 9.42. The normalized spacial score (nSPS) is 19.0. The molecule has 0 bridgehead atoms. The van der Waals surface area contributed by atoms with Crippen LogP contribution in [0.2, 0.25) is 0 Å². The van der Waals surface area contributed by atoms with Gasteiger partial charge in [0.15, 0.2) is 5.82 Å². The van der Waals surface area contributed by atoms with Crippen molar-refractivity contribution in [1.29, 1.82) is 0 Å². The Kier molecular flexibility index (Phi) is 5.66. The van der Waals surface area contributed by atoms with Crippen LogP contribution in [0.25, 0.3) is 10.2 Å². The monoisotopic (exact) mass is 466 g/mol. The van der Waals surface area contributed by atoms with Crippen LogP contribution in [0.1, 0.15) is 36.3 Å². The van der Waals surface area contributed by atoms with Crippen molar-refractivity contribution in [2.24, 2.45) is 5.92 Å². The number of alkyl halides is 3. The molecule has 5 rings (SSSR count). The van der Waals surface area contributed by atoms with Crippen LogP contribution in [0.15, 0.2) is 6.07 Å². The molecule has 3 aromatic rings. The standard InChI is InChI=1S/C20H25F3N8S/c1-2-3-13-8-14-16(26-19(27-17(14)32-13)25-10-12-4-5-24-9-12)30-6-7-31-15(11-30)28-29-18(31)20(21,22)23/h8,12,24H,2-7,9-11H2,1H3,(H,25,26,27)/t12-/m0/s1. The first-order chi connectivity index (χ1) is 15.4. The van der Waals surface area contributed by atoms with E-state index in [-0.39, 0.29) is 13.1 Å². The maximum Gasteiger partial charge on any atom is 0.451 e. The quantitative estimate of drug-likeness (QED) is 0.577. The Balaban J connectivity index is 1.46. The molecule has 12 heteroatoms. The molecule has 32 heavy (non-hydrogen) atoms. The lowest BCUT2D eigenvalue weighted by Gasteiger charge is -2.29. The Morgan fingerprint density at radius 1 is 1.25 bits per heavy atom. The molecule has 2 aliphatic heterocycles. The summed E-state index contributed by atoms with van der Waals surface area (Å²) in [6, 6.07) is 2.12. The summed E-state index contributed by atoms with van der Waals surface area (Å²) in [5.41, 5.74) is 0. The zero-order chi connectivity index (χ0) is 22.3. The van der Waals surface area contributed by atoms with Gasteiger partial charge in [-0.25, -0.2) is 4.98 Å². The van der Waals surface area contributed by atoms with Gasteiger partial charge in [0.25, 0.3) is 0 Å². The lowest BCUT2D eigenvalue weighted by atomic mass is 10.1. The molecule has 5 heterocycles. The van der Waals surface area contributed by atoms with Gasteiger partial charge in [0.05, 0.1) is 11.9 Å². The van der Waals surface area contributed by atoms with Gasteiger partial charge < -0.3 is 20.1 Å². The minimum atomic E-state index is -4.51. The molecule has 2 aliphatic rings. The van der Waals surface area contributed by atoms with Crippen molar-refractivity contribution in [2.45, 2.75) is 45.5 Å². The van der Waals surface area contributed by atoms with Crippen molar-refractivity contribution in [3.8, 4) is 0 Å². The molecule has 0 amide bonds. The Bertz CT molecular complexity index is 1100. The second-order valence-electron chi connectivity index (χ2n) is 8.30. The first-order valence-corrected chi connectivity index (χ1v) is 11.7. The number of halogens is 3. The summed E-state index contributed by atoms with van der Waals surface area (Å²) in [5.74, 6) is 1.20. The van der Waals surface area contributed by atoms with E-state index in [0.717, 1.165) is 59.5 Å². The van der Waals surface area contributed by atoms with Crippen LogP contribution in [0, 0.1) is 5.92 Å². The summed E-state index contributed by atoms with van der Waals surface area (Å²) >= 11 is 1.65. The zero-order valence-corrected chi connectivity index (χ0v) is 18.6. The summed E-state index contributed by atoms with van der Waals surface area (Å²) in [4.78, 5) is 13.7. The van der Waals surface area contributed by atoms with E-state index in [4.69, 9.17) is 9.97 Å². The minimum absolute atomic E-state index is 0.158. The number of thiophene rings is 1. The molecule has 2 N–H and O–H groups in total. The average Bonchev–Trinajstić information content (AvgIpc) is 3.49. The highest BCUT2D eigenvalue weighted by Crippen LogP contribution is 2.35. The third-order valence-corrected chi connectivity index (χ3v) is 7.03. The van der Waals surface area contributed by atoms with Crippen LogP contribution in [0.3, 0.4) is 0 Å². The maximum atomic E-state index is 13.2. The number of nitrogens with one attached hydrogen (secondary N) is 2. The maximum absolute atomic E-state index is 13.2. The van der Waals surface area contributed by atoms with E-state index in [1.807, 2.05) is 4.90 Å². The van der Waals surface area contributed by atoms with Gasteiger partial charge in [-0.15, -0.1) is 21.5 Å². The smallest absolute Gasteiger partial charge is 0.354 e. The van der Waals surface area contributed by atoms with Crippen molar-refractivity contribution >= 4 is 33.3 Å². The van der Waals surface area contributed by atoms with Crippen LogP contribution in [-0.2, 0) is 25.7 Å². The molecule has 1 atom stereocenters. The molecule has 1 saturated heterocycles. The Labute approximate surface area is 187 Å². The molecule has 0 aliphatic carbocycles. The van der Waals surface area contributed by atoms with E-state index < -0.39 is 12.0 Å². The Hall–Kier alpha value is -2.47. The van der Waals surface area contributed by atoms with Crippen LogP contribution >= 0.6 is 11.3 Å². The molecule has 0 aromatic carbocycles. The number of anilines is 2. The highest BCUT2D eigenvalue weighted by atomic mass is 32.1. The van der Waals surface area contributed by atoms with Crippen LogP contribution in [-0.4, -0.2) is 50.9 Å². The van der Waals surface area contributed by atoms with E-state index in [1.165, 1.54) is 4.88 Å². The summed E-state index contributed by atoms with van der Waals surface area (Å²) in [6.45, 7) is 5.70. The van der Waals surface area contributed by atoms with Gasteiger partial charge in [0.1, 0.15) is 10.6 Å². The molecule has 0 unspecified atom stereocenters. The number of nitrogens with zero attached hydrogens (tertiary/aromatic N) is 6. The SMILES string of the molecule is CCCc1cc2c(N3CCn4c(nnc4C(F)(F)F)C3)nc(NC[C@H]3CCNC3)nc2s1. The van der Waals surface area contributed by atoms with Crippen LogP contribution in [0.4, 0.5) is 24.9 Å². The lowest BCUT2D eigenvalue weighted by Crippen LogP contribution is -2.36. The fourth-order valence-electron chi connectivity index (χ4n) is 4.32. The fourth-order valence-corrected chi connectivity index (χ4v) is 5.44. The van der Waals surface area contributed by atoms with Gasteiger partial charge >= 0.3 is 6.18 Å². The van der Waals surface area contributed by atoms with E-state index in [1.54, 1.807) is 11.3 Å². The van der Waals surface area contributed by atoms with E-state index in [2.05, 4.69) is 33.8 Å². The molecular formula is C20H25F3N8S. The third kappa shape index (κ3) is 4.13. The Morgan fingerprint density at radius 2 is 2.12 bits per heavy atom. The van der Waals surface area contributed by atoms with E-state index in [9.17, 15) is 13.2 Å². The van der Waals surface area contributed by atoms with Crippen LogP contribution < -0.4 is 15.5 Å². The second kappa shape index (κ2) is 8.47. The van der Waals surface area contributed by atoms with Gasteiger partial charge in [-0.3, -0.25) is 0 Å². The highest BCUT2D eigenvalue weighted by molar-refractivity contribution is 7.18.